The molecule has 0 bridgehead atoms. The molecular formula is C14H28O9. The van der Waals surface area contributed by atoms with Crippen molar-refractivity contribution in [3.8, 4) is 0 Å². The molecule has 23 heavy (non-hydrogen) atoms. The molecule has 9 nitrogen and oxygen atoms in total. The monoisotopic (exact) mass is 340 g/mol. The standard InChI is InChI=1S/C8H16O3.3C2H4O2/c1-2-3-4-8(5-9,6-10)7-11;3*1-2(3)4/h2,9-11H,1,3-7H2;3*1H3,(H,3,4). The highest BCUT2D eigenvalue weighted by Gasteiger charge is 2.26. The van der Waals surface area contributed by atoms with Crippen molar-refractivity contribution in [1.82, 2.24) is 0 Å². The molecule has 0 unspecified atom stereocenters. The number of aliphatic hydroxyl groups is 3. The largest absolute Gasteiger partial charge is 0.481 e. The summed E-state index contributed by atoms with van der Waals surface area (Å²) in [5, 5.41) is 48.8. The van der Waals surface area contributed by atoms with Gasteiger partial charge < -0.3 is 30.6 Å². The van der Waals surface area contributed by atoms with Crippen molar-refractivity contribution in [3.05, 3.63) is 12.7 Å². The van der Waals surface area contributed by atoms with E-state index in [0.29, 0.717) is 12.8 Å². The van der Waals surface area contributed by atoms with E-state index in [9.17, 15) is 0 Å². The zero-order chi connectivity index (χ0) is 19.5. The fourth-order valence-electron chi connectivity index (χ4n) is 0.795. The number of carboxylic acids is 3. The fraction of sp³-hybridized carbons (Fsp3) is 0.643. The van der Waals surface area contributed by atoms with Crippen molar-refractivity contribution in [2.24, 2.45) is 5.41 Å². The molecule has 0 aliphatic heterocycles. The minimum Gasteiger partial charge on any atom is -0.481 e. The second-order valence-electron chi connectivity index (χ2n) is 4.36. The average Bonchev–Trinajstić information content (AvgIpc) is 2.39. The Bertz CT molecular complexity index is 273. The highest BCUT2D eigenvalue weighted by Crippen LogP contribution is 2.21. The number of carbonyl (C=O) groups is 3. The quantitative estimate of drug-likeness (QED) is 0.369. The van der Waals surface area contributed by atoms with Gasteiger partial charge in [-0.15, -0.1) is 6.58 Å². The number of allylic oxidation sites excluding steroid dienone is 1. The van der Waals surface area contributed by atoms with Crippen molar-refractivity contribution in [3.63, 3.8) is 0 Å². The molecule has 6 N–H and O–H groups in total. The first-order valence-electron chi connectivity index (χ1n) is 6.46. The first kappa shape index (κ1) is 29.1. The van der Waals surface area contributed by atoms with E-state index < -0.39 is 23.3 Å². The number of carboxylic acid groups (broad SMARTS) is 3. The Kier molecular flexibility index (Phi) is 25.3. The lowest BCUT2D eigenvalue weighted by molar-refractivity contribution is -0.135. The number of rotatable bonds is 6. The highest BCUT2D eigenvalue weighted by molar-refractivity contribution is 5.63. The van der Waals surface area contributed by atoms with Crippen LogP contribution in [0.5, 0.6) is 0 Å². The van der Waals surface area contributed by atoms with E-state index in [1.165, 1.54) is 0 Å². The van der Waals surface area contributed by atoms with Gasteiger partial charge in [-0.25, -0.2) is 0 Å². The van der Waals surface area contributed by atoms with E-state index in [2.05, 4.69) is 6.58 Å². The topological polar surface area (TPSA) is 173 Å². The molecular weight excluding hydrogens is 312 g/mol. The third-order valence-corrected chi connectivity index (χ3v) is 1.89. The molecule has 0 aliphatic carbocycles. The number of aliphatic hydroxyl groups excluding tert-OH is 3. The predicted octanol–water partition coefficient (Wildman–Crippen LogP) is 0.189. The minimum atomic E-state index is -0.833. The SMILES string of the molecule is C=CCCC(CO)(CO)CO.CC(=O)O.CC(=O)O.CC(=O)O. The molecule has 0 aromatic carbocycles. The van der Waals surface area contributed by atoms with E-state index in [0.717, 1.165) is 20.8 Å². The molecule has 9 heteroatoms. The Balaban J connectivity index is -0.000000124. The highest BCUT2D eigenvalue weighted by atomic mass is 16.4. The van der Waals surface area contributed by atoms with Crippen molar-refractivity contribution in [2.45, 2.75) is 33.6 Å². The van der Waals surface area contributed by atoms with E-state index in [1.807, 2.05) is 0 Å². The minimum absolute atomic E-state index is 0.187. The first-order valence-corrected chi connectivity index (χ1v) is 6.46. The summed E-state index contributed by atoms with van der Waals surface area (Å²) in [6.45, 7) is 6.21. The second-order valence-corrected chi connectivity index (χ2v) is 4.36. The van der Waals surface area contributed by atoms with Gasteiger partial charge in [-0.05, 0) is 12.8 Å². The van der Waals surface area contributed by atoms with Crippen molar-refractivity contribution >= 4 is 17.9 Å². The van der Waals surface area contributed by atoms with Crippen LogP contribution in [0, 0.1) is 5.41 Å². The molecule has 0 amide bonds. The van der Waals surface area contributed by atoms with Gasteiger partial charge in [0.25, 0.3) is 17.9 Å². The van der Waals surface area contributed by atoms with Crippen LogP contribution in [-0.4, -0.2) is 68.4 Å². The molecule has 0 atom stereocenters. The first-order chi connectivity index (χ1) is 10.4. The van der Waals surface area contributed by atoms with Gasteiger partial charge in [-0.2, -0.15) is 0 Å². The van der Waals surface area contributed by atoms with E-state index in [1.54, 1.807) is 6.08 Å². The fourth-order valence-corrected chi connectivity index (χ4v) is 0.795. The maximum Gasteiger partial charge on any atom is 0.300 e. The lowest BCUT2D eigenvalue weighted by Gasteiger charge is -2.26. The third kappa shape index (κ3) is 45.0. The zero-order valence-corrected chi connectivity index (χ0v) is 13.7. The summed E-state index contributed by atoms with van der Waals surface area (Å²) in [6.07, 6.45) is 2.97. The molecule has 0 spiro atoms. The Labute approximate surface area is 135 Å². The van der Waals surface area contributed by atoms with Gasteiger partial charge in [0, 0.05) is 26.2 Å². The molecule has 0 saturated carbocycles. The summed E-state index contributed by atoms with van der Waals surface area (Å²) < 4.78 is 0. The van der Waals surface area contributed by atoms with Gasteiger partial charge in [0.05, 0.1) is 19.8 Å². The Morgan fingerprint density at radius 2 is 1.04 bits per heavy atom. The molecule has 0 aromatic heterocycles. The number of hydrogen-bond donors (Lipinski definition) is 6. The maximum atomic E-state index is 9.00. The Morgan fingerprint density at radius 3 is 1.17 bits per heavy atom. The van der Waals surface area contributed by atoms with Crippen LogP contribution in [0.2, 0.25) is 0 Å². The van der Waals surface area contributed by atoms with E-state index in [-0.39, 0.29) is 19.8 Å². The summed E-state index contributed by atoms with van der Waals surface area (Å²) in [7, 11) is 0. The molecule has 0 aromatic rings. The summed E-state index contributed by atoms with van der Waals surface area (Å²) in [5.74, 6) is -2.50. The van der Waals surface area contributed by atoms with Crippen molar-refractivity contribution < 1.29 is 45.0 Å². The summed E-state index contributed by atoms with van der Waals surface area (Å²) >= 11 is 0. The van der Waals surface area contributed by atoms with Crippen LogP contribution in [0.15, 0.2) is 12.7 Å². The lowest BCUT2D eigenvalue weighted by atomic mass is 9.86. The van der Waals surface area contributed by atoms with Gasteiger partial charge in [0.1, 0.15) is 0 Å². The van der Waals surface area contributed by atoms with Gasteiger partial charge in [0.15, 0.2) is 0 Å². The lowest BCUT2D eigenvalue weighted by Crippen LogP contribution is -2.33. The molecule has 0 saturated heterocycles. The zero-order valence-electron chi connectivity index (χ0n) is 13.7. The van der Waals surface area contributed by atoms with Crippen LogP contribution >= 0.6 is 0 Å². The van der Waals surface area contributed by atoms with Crippen LogP contribution in [0.25, 0.3) is 0 Å². The van der Waals surface area contributed by atoms with E-state index >= 15 is 0 Å². The number of aliphatic carboxylic acids is 3. The van der Waals surface area contributed by atoms with Crippen molar-refractivity contribution in [1.29, 1.82) is 0 Å². The molecule has 138 valence electrons. The predicted molar refractivity (Wildman–Crippen MR) is 83.1 cm³/mol. The maximum absolute atomic E-state index is 9.00. The molecule has 0 heterocycles. The molecule has 0 rings (SSSR count). The van der Waals surface area contributed by atoms with Crippen LogP contribution in [0.4, 0.5) is 0 Å². The van der Waals surface area contributed by atoms with Crippen LogP contribution in [0.3, 0.4) is 0 Å². The third-order valence-electron chi connectivity index (χ3n) is 1.89. The Morgan fingerprint density at radius 1 is 0.826 bits per heavy atom. The smallest absolute Gasteiger partial charge is 0.300 e. The van der Waals surface area contributed by atoms with Crippen LogP contribution < -0.4 is 0 Å². The molecule has 0 aliphatic rings. The molecule has 0 radical (unpaired) electrons. The van der Waals surface area contributed by atoms with Gasteiger partial charge >= 0.3 is 0 Å². The van der Waals surface area contributed by atoms with Gasteiger partial charge in [0.2, 0.25) is 0 Å². The van der Waals surface area contributed by atoms with Gasteiger partial charge in [-0.1, -0.05) is 6.08 Å². The normalized spacial score (nSPS) is 8.78. The van der Waals surface area contributed by atoms with Crippen LogP contribution in [-0.2, 0) is 14.4 Å². The summed E-state index contributed by atoms with van der Waals surface area (Å²) in [5.41, 5.74) is -0.728. The summed E-state index contributed by atoms with van der Waals surface area (Å²) in [6, 6.07) is 0. The average molecular weight is 340 g/mol. The van der Waals surface area contributed by atoms with Crippen molar-refractivity contribution in [2.75, 3.05) is 19.8 Å². The summed E-state index contributed by atoms with van der Waals surface area (Å²) in [4.78, 5) is 27.0. The number of hydrogen-bond acceptors (Lipinski definition) is 6. The van der Waals surface area contributed by atoms with E-state index in [4.69, 9.17) is 45.0 Å². The second kappa shape index (κ2) is 20.0. The van der Waals surface area contributed by atoms with Gasteiger partial charge in [-0.3, -0.25) is 14.4 Å². The Hall–Kier alpha value is -1.97. The molecule has 0 fully saturated rings. The van der Waals surface area contributed by atoms with Crippen LogP contribution in [0.1, 0.15) is 33.6 Å².